The van der Waals surface area contributed by atoms with Gasteiger partial charge in [-0.15, -0.1) is 0 Å². The maximum atomic E-state index is 13.0. The van der Waals surface area contributed by atoms with E-state index in [9.17, 15) is 9.59 Å². The van der Waals surface area contributed by atoms with Crippen molar-refractivity contribution in [2.24, 2.45) is 5.73 Å². The minimum atomic E-state index is -0.307. The Morgan fingerprint density at radius 3 is 2.44 bits per heavy atom. The monoisotopic (exact) mass is 364 g/mol. The van der Waals surface area contributed by atoms with E-state index in [0.717, 1.165) is 29.4 Å². The number of benzene rings is 2. The number of hydrogen-bond acceptors (Lipinski definition) is 3. The number of nitrogens with one attached hydrogen (secondary N) is 1. The minimum absolute atomic E-state index is 0.0772. The van der Waals surface area contributed by atoms with Gasteiger partial charge in [-0.05, 0) is 30.5 Å². The molecule has 1 fully saturated rings. The van der Waals surface area contributed by atoms with Crippen LogP contribution >= 0.6 is 0 Å². The van der Waals surface area contributed by atoms with Crippen molar-refractivity contribution in [1.82, 2.24) is 14.5 Å². The summed E-state index contributed by atoms with van der Waals surface area (Å²) in [6.07, 6.45) is 1.53. The maximum absolute atomic E-state index is 13.0. The van der Waals surface area contributed by atoms with Crippen molar-refractivity contribution in [3.05, 3.63) is 70.6 Å². The topological polar surface area (TPSA) is 84.1 Å². The molecular formula is C21H24N4O2. The van der Waals surface area contributed by atoms with Crippen LogP contribution in [0, 0.1) is 0 Å². The van der Waals surface area contributed by atoms with E-state index in [4.69, 9.17) is 5.73 Å². The largest absolute Gasteiger partial charge is 0.342 e. The van der Waals surface area contributed by atoms with Gasteiger partial charge in [-0.2, -0.15) is 0 Å². The summed E-state index contributed by atoms with van der Waals surface area (Å²) in [5, 5.41) is 0. The fourth-order valence-corrected chi connectivity index (χ4v) is 4.07. The molecule has 0 aliphatic carbocycles. The second kappa shape index (κ2) is 7.40. The number of carbonyl (C=O) groups is 1. The summed E-state index contributed by atoms with van der Waals surface area (Å²) in [6, 6.07) is 17.5. The Morgan fingerprint density at radius 1 is 1.07 bits per heavy atom. The van der Waals surface area contributed by atoms with Gasteiger partial charge in [-0.1, -0.05) is 42.5 Å². The lowest BCUT2D eigenvalue weighted by Crippen LogP contribution is -2.44. The molecular weight excluding hydrogens is 340 g/mol. The van der Waals surface area contributed by atoms with Crippen LogP contribution in [-0.4, -0.2) is 40.0 Å². The highest BCUT2D eigenvalue weighted by molar-refractivity contribution is 5.84. The molecule has 6 nitrogen and oxygen atoms in total. The molecule has 2 aromatic carbocycles. The molecule has 3 N–H and O–H groups in total. The molecule has 0 radical (unpaired) electrons. The number of nitrogens with two attached hydrogens (primary N) is 1. The smallest absolute Gasteiger partial charge is 0.326 e. The summed E-state index contributed by atoms with van der Waals surface area (Å²) >= 11 is 0. The van der Waals surface area contributed by atoms with Gasteiger partial charge in [0.05, 0.1) is 17.0 Å². The van der Waals surface area contributed by atoms with E-state index in [1.165, 1.54) is 0 Å². The lowest BCUT2D eigenvalue weighted by Gasteiger charge is -2.34. The van der Waals surface area contributed by atoms with Crippen LogP contribution in [0.3, 0.4) is 0 Å². The molecule has 1 aliphatic heterocycles. The van der Waals surface area contributed by atoms with Gasteiger partial charge in [0.25, 0.3) is 0 Å². The molecule has 1 amide bonds. The van der Waals surface area contributed by atoms with Crippen molar-refractivity contribution >= 4 is 16.9 Å². The Labute approximate surface area is 157 Å². The lowest BCUT2D eigenvalue weighted by molar-refractivity contribution is -0.133. The Bertz CT molecular complexity index is 984. The van der Waals surface area contributed by atoms with E-state index in [-0.39, 0.29) is 23.6 Å². The van der Waals surface area contributed by atoms with Crippen LogP contribution in [-0.2, 0) is 4.79 Å². The van der Waals surface area contributed by atoms with E-state index in [2.05, 4.69) is 4.98 Å². The maximum Gasteiger partial charge on any atom is 0.326 e. The summed E-state index contributed by atoms with van der Waals surface area (Å²) in [4.78, 5) is 30.2. The van der Waals surface area contributed by atoms with Crippen molar-refractivity contribution in [3.8, 4) is 0 Å². The molecule has 4 rings (SSSR count). The molecule has 140 valence electrons. The van der Waals surface area contributed by atoms with Gasteiger partial charge < -0.3 is 15.6 Å². The molecule has 1 aliphatic rings. The standard InChI is InChI=1S/C21H24N4O2/c22-14-17(15-6-2-1-3-7-15)20(26)24-12-10-16(11-13-24)25-19-9-5-4-8-18(19)23-21(25)27/h1-9,16-17H,10-14,22H2,(H,23,27). The van der Waals surface area contributed by atoms with Crippen molar-refractivity contribution < 1.29 is 4.79 Å². The zero-order valence-electron chi connectivity index (χ0n) is 15.2. The Morgan fingerprint density at radius 2 is 1.74 bits per heavy atom. The predicted molar refractivity (Wildman–Crippen MR) is 106 cm³/mol. The van der Waals surface area contributed by atoms with Gasteiger partial charge in [-0.25, -0.2) is 4.79 Å². The molecule has 1 atom stereocenters. The van der Waals surface area contributed by atoms with Gasteiger partial charge >= 0.3 is 5.69 Å². The Hall–Kier alpha value is -2.86. The number of amides is 1. The molecule has 6 heteroatoms. The number of H-pyrrole nitrogens is 1. The molecule has 1 unspecified atom stereocenters. The van der Waals surface area contributed by atoms with Gasteiger partial charge in [0.15, 0.2) is 0 Å². The average Bonchev–Trinajstić information content (AvgIpc) is 3.05. The van der Waals surface area contributed by atoms with Gasteiger partial charge in [0, 0.05) is 25.7 Å². The van der Waals surface area contributed by atoms with E-state index in [1.807, 2.05) is 64.1 Å². The number of aromatic nitrogens is 2. The third kappa shape index (κ3) is 3.28. The Balaban J connectivity index is 1.49. The van der Waals surface area contributed by atoms with Crippen molar-refractivity contribution in [2.45, 2.75) is 24.8 Å². The first-order chi connectivity index (χ1) is 13.2. The quantitative estimate of drug-likeness (QED) is 0.745. The van der Waals surface area contributed by atoms with Crippen LogP contribution in [0.25, 0.3) is 11.0 Å². The summed E-state index contributed by atoms with van der Waals surface area (Å²) in [5.74, 6) is -0.230. The van der Waals surface area contributed by atoms with Crippen LogP contribution in [0.2, 0.25) is 0 Å². The third-order valence-corrected chi connectivity index (χ3v) is 5.50. The molecule has 3 aromatic rings. The van der Waals surface area contributed by atoms with E-state index in [0.29, 0.717) is 19.6 Å². The van der Waals surface area contributed by atoms with E-state index in [1.54, 1.807) is 0 Å². The number of likely N-dealkylation sites (tertiary alicyclic amines) is 1. The van der Waals surface area contributed by atoms with Crippen LogP contribution in [0.5, 0.6) is 0 Å². The van der Waals surface area contributed by atoms with Gasteiger partial charge in [0.2, 0.25) is 5.91 Å². The second-order valence-corrected chi connectivity index (χ2v) is 7.07. The number of piperidine rings is 1. The summed E-state index contributed by atoms with van der Waals surface area (Å²) in [6.45, 7) is 1.57. The zero-order valence-corrected chi connectivity index (χ0v) is 15.2. The fraction of sp³-hybridized carbons (Fsp3) is 0.333. The van der Waals surface area contributed by atoms with Gasteiger partial charge in [0.1, 0.15) is 0 Å². The van der Waals surface area contributed by atoms with Crippen molar-refractivity contribution in [3.63, 3.8) is 0 Å². The highest BCUT2D eigenvalue weighted by Gasteiger charge is 2.30. The van der Waals surface area contributed by atoms with E-state index < -0.39 is 0 Å². The number of carbonyl (C=O) groups excluding carboxylic acids is 1. The number of rotatable bonds is 4. The predicted octanol–water partition coefficient (Wildman–Crippen LogP) is 2.24. The van der Waals surface area contributed by atoms with Crippen LogP contribution in [0.1, 0.15) is 30.4 Å². The van der Waals surface area contributed by atoms with Crippen LogP contribution in [0.4, 0.5) is 0 Å². The fourth-order valence-electron chi connectivity index (χ4n) is 4.07. The molecule has 0 bridgehead atoms. The average molecular weight is 364 g/mol. The molecule has 0 saturated carbocycles. The second-order valence-electron chi connectivity index (χ2n) is 7.07. The summed E-state index contributed by atoms with van der Waals surface area (Å²) in [5.41, 5.74) is 8.56. The first-order valence-corrected chi connectivity index (χ1v) is 9.42. The molecule has 27 heavy (non-hydrogen) atoms. The first-order valence-electron chi connectivity index (χ1n) is 9.42. The van der Waals surface area contributed by atoms with Crippen molar-refractivity contribution in [1.29, 1.82) is 0 Å². The minimum Gasteiger partial charge on any atom is -0.342 e. The lowest BCUT2D eigenvalue weighted by atomic mass is 9.95. The number of fused-ring (bicyclic) bond motifs is 1. The molecule has 2 heterocycles. The molecule has 1 saturated heterocycles. The number of hydrogen-bond donors (Lipinski definition) is 2. The first kappa shape index (κ1) is 17.5. The summed E-state index contributed by atoms with van der Waals surface area (Å²) < 4.78 is 1.84. The summed E-state index contributed by atoms with van der Waals surface area (Å²) in [7, 11) is 0. The molecule has 1 aromatic heterocycles. The van der Waals surface area contributed by atoms with Gasteiger partial charge in [-0.3, -0.25) is 9.36 Å². The zero-order chi connectivity index (χ0) is 18.8. The molecule has 0 spiro atoms. The van der Waals surface area contributed by atoms with Crippen molar-refractivity contribution in [2.75, 3.05) is 19.6 Å². The van der Waals surface area contributed by atoms with Crippen LogP contribution in [0.15, 0.2) is 59.4 Å². The van der Waals surface area contributed by atoms with E-state index >= 15 is 0 Å². The highest BCUT2D eigenvalue weighted by atomic mass is 16.2. The third-order valence-electron chi connectivity index (χ3n) is 5.50. The van der Waals surface area contributed by atoms with Crippen LogP contribution < -0.4 is 11.4 Å². The number of nitrogens with zero attached hydrogens (tertiary/aromatic N) is 2. The highest BCUT2D eigenvalue weighted by Crippen LogP contribution is 2.27. The SMILES string of the molecule is NCC(C(=O)N1CCC(n2c(=O)[nH]c3ccccc32)CC1)c1ccccc1. The number of para-hydroxylation sites is 2. The normalized spacial score (nSPS) is 16.6. The Kier molecular flexibility index (Phi) is 4.81. The number of imidazole rings is 1. The number of aromatic amines is 1.